The highest BCUT2D eigenvalue weighted by Gasteiger charge is 2.58. The minimum absolute atomic E-state index is 0.108. The Bertz CT molecular complexity index is 1300. The summed E-state index contributed by atoms with van der Waals surface area (Å²) in [6, 6.07) is 2.69. The number of hydrogen-bond acceptors (Lipinski definition) is 6. The highest BCUT2D eigenvalue weighted by molar-refractivity contribution is 6.32. The first-order chi connectivity index (χ1) is 16.6. The first-order valence-electron chi connectivity index (χ1n) is 11.5. The second-order valence-electron chi connectivity index (χ2n) is 9.87. The van der Waals surface area contributed by atoms with E-state index in [4.69, 9.17) is 27.9 Å². The first kappa shape index (κ1) is 23.3. The number of piperidine rings is 1. The molecule has 1 aromatic carbocycles. The predicted molar refractivity (Wildman–Crippen MR) is 127 cm³/mol. The van der Waals surface area contributed by atoms with Gasteiger partial charge < -0.3 is 10.1 Å². The Labute approximate surface area is 209 Å². The molecule has 0 spiro atoms. The van der Waals surface area contributed by atoms with Gasteiger partial charge in [0.05, 0.1) is 48.1 Å². The van der Waals surface area contributed by atoms with Crippen LogP contribution in [0.25, 0.3) is 10.9 Å². The van der Waals surface area contributed by atoms with E-state index in [0.717, 1.165) is 6.54 Å². The molecule has 0 radical (unpaired) electrons. The summed E-state index contributed by atoms with van der Waals surface area (Å²) < 4.78 is 49.2. The number of nitrogens with zero attached hydrogens (tertiary/aromatic N) is 5. The second kappa shape index (κ2) is 8.19. The third-order valence-electron chi connectivity index (χ3n) is 7.29. The summed E-state index contributed by atoms with van der Waals surface area (Å²) in [6.45, 7) is 4.33. The van der Waals surface area contributed by atoms with Crippen molar-refractivity contribution in [2.45, 2.75) is 49.4 Å². The molecule has 3 fully saturated rings. The molecule has 1 N–H and O–H groups in total. The Morgan fingerprint density at radius 3 is 2.63 bits per heavy atom. The Morgan fingerprint density at radius 1 is 1.20 bits per heavy atom. The fourth-order valence-corrected chi connectivity index (χ4v) is 5.54. The normalized spacial score (nSPS) is 27.5. The number of halogens is 5. The van der Waals surface area contributed by atoms with Gasteiger partial charge in [0.25, 0.3) is 5.92 Å². The maximum absolute atomic E-state index is 15.1. The van der Waals surface area contributed by atoms with Crippen LogP contribution in [0.2, 0.25) is 10.2 Å². The van der Waals surface area contributed by atoms with Gasteiger partial charge in [0.1, 0.15) is 6.17 Å². The lowest BCUT2D eigenvalue weighted by Crippen LogP contribution is -2.63. The molecule has 7 nitrogen and oxygen atoms in total. The van der Waals surface area contributed by atoms with Gasteiger partial charge in [-0.3, -0.25) is 4.90 Å². The van der Waals surface area contributed by atoms with E-state index in [1.807, 2.05) is 0 Å². The van der Waals surface area contributed by atoms with E-state index < -0.39 is 24.1 Å². The Kier molecular flexibility index (Phi) is 5.45. The van der Waals surface area contributed by atoms with Gasteiger partial charge in [0.2, 0.25) is 5.95 Å². The summed E-state index contributed by atoms with van der Waals surface area (Å²) in [5, 5.41) is 8.50. The minimum atomic E-state index is -2.73. The average molecular weight is 527 g/mol. The Balaban J connectivity index is 1.20. The number of ether oxygens (including phenoxy) is 1. The van der Waals surface area contributed by atoms with Gasteiger partial charge in [-0.15, -0.1) is 0 Å². The average Bonchev–Trinajstić information content (AvgIpc) is 3.29. The lowest BCUT2D eigenvalue weighted by Gasteiger charge is -2.50. The first-order valence-corrected chi connectivity index (χ1v) is 12.2. The van der Waals surface area contributed by atoms with E-state index in [9.17, 15) is 8.78 Å². The lowest BCUT2D eigenvalue weighted by molar-refractivity contribution is -0.145. The highest BCUT2D eigenvalue weighted by atomic mass is 35.5. The summed E-state index contributed by atoms with van der Waals surface area (Å²) in [4.78, 5) is 10.9. The number of aromatic nitrogens is 4. The maximum Gasteiger partial charge on any atom is 0.255 e. The Hall–Kier alpha value is -2.14. The van der Waals surface area contributed by atoms with E-state index in [-0.39, 0.29) is 28.1 Å². The van der Waals surface area contributed by atoms with Crippen LogP contribution in [0.5, 0.6) is 0 Å². The number of anilines is 2. The van der Waals surface area contributed by atoms with Crippen molar-refractivity contribution in [2.75, 3.05) is 31.6 Å². The molecule has 3 unspecified atom stereocenters. The van der Waals surface area contributed by atoms with Crippen molar-refractivity contribution in [1.29, 1.82) is 0 Å². The van der Waals surface area contributed by atoms with Crippen LogP contribution in [0, 0.1) is 0 Å². The maximum atomic E-state index is 15.1. The fraction of sp³-hybridized carbons (Fsp3) is 0.522. The van der Waals surface area contributed by atoms with Gasteiger partial charge in [-0.2, -0.15) is 5.10 Å². The van der Waals surface area contributed by atoms with E-state index in [2.05, 4.69) is 32.2 Å². The lowest BCUT2D eigenvalue weighted by atomic mass is 9.92. The number of alkyl halides is 3. The molecule has 186 valence electrons. The number of rotatable bonds is 5. The standard InChI is InChI=1S/C23H23Cl2F3N6O/c1-22(10-35-11-22)33-3-2-19(16(26)9-33)34-20(25)18(8-30-34)32-21-29-7-12-4-15(24)13(5-17(12)31-21)14-6-23(14,27)28/h4-5,7-8,14,16,19H,2-3,6,9-11H2,1H3,(H,29,31,32). The molecule has 4 heterocycles. The monoisotopic (exact) mass is 526 g/mol. The zero-order chi connectivity index (χ0) is 24.5. The number of hydrogen-bond donors (Lipinski definition) is 1. The van der Waals surface area contributed by atoms with Crippen molar-refractivity contribution in [1.82, 2.24) is 24.6 Å². The van der Waals surface area contributed by atoms with Crippen molar-refractivity contribution >= 4 is 45.7 Å². The molecule has 6 rings (SSSR count). The van der Waals surface area contributed by atoms with Crippen LogP contribution in [0.15, 0.2) is 24.5 Å². The molecular formula is C23H23Cl2F3N6O. The number of fused-ring (bicyclic) bond motifs is 1. The molecule has 2 saturated heterocycles. The van der Waals surface area contributed by atoms with Gasteiger partial charge in [-0.1, -0.05) is 23.2 Å². The van der Waals surface area contributed by atoms with Gasteiger partial charge in [-0.05, 0) is 31.0 Å². The third-order valence-corrected chi connectivity index (χ3v) is 8.00. The molecule has 35 heavy (non-hydrogen) atoms. The van der Waals surface area contributed by atoms with Crippen LogP contribution in [0.1, 0.15) is 37.3 Å². The zero-order valence-electron chi connectivity index (χ0n) is 18.8. The number of nitrogens with one attached hydrogen (secondary N) is 1. The largest absolute Gasteiger partial charge is 0.377 e. The van der Waals surface area contributed by atoms with Crippen molar-refractivity contribution < 1.29 is 17.9 Å². The molecule has 2 aliphatic heterocycles. The van der Waals surface area contributed by atoms with Gasteiger partial charge in [0.15, 0.2) is 5.15 Å². The van der Waals surface area contributed by atoms with E-state index >= 15 is 4.39 Å². The fourth-order valence-electron chi connectivity index (χ4n) is 4.97. The van der Waals surface area contributed by atoms with Crippen molar-refractivity contribution in [3.63, 3.8) is 0 Å². The number of likely N-dealkylation sites (tertiary alicyclic amines) is 1. The number of benzene rings is 1. The van der Waals surface area contributed by atoms with Crippen LogP contribution in [0.3, 0.4) is 0 Å². The Morgan fingerprint density at radius 2 is 1.97 bits per heavy atom. The topological polar surface area (TPSA) is 68.1 Å². The summed E-state index contributed by atoms with van der Waals surface area (Å²) in [5.74, 6) is -3.40. The highest BCUT2D eigenvalue weighted by Crippen LogP contribution is 2.57. The van der Waals surface area contributed by atoms with Crippen molar-refractivity contribution in [2.24, 2.45) is 0 Å². The van der Waals surface area contributed by atoms with Crippen LogP contribution in [-0.2, 0) is 4.74 Å². The van der Waals surface area contributed by atoms with E-state index in [0.29, 0.717) is 48.3 Å². The van der Waals surface area contributed by atoms with Crippen molar-refractivity contribution in [3.8, 4) is 0 Å². The molecule has 0 bridgehead atoms. The molecule has 1 aliphatic carbocycles. The van der Waals surface area contributed by atoms with Crippen molar-refractivity contribution in [3.05, 3.63) is 40.3 Å². The van der Waals surface area contributed by atoms with Gasteiger partial charge in [0, 0.05) is 36.1 Å². The van der Waals surface area contributed by atoms with Crippen LogP contribution >= 0.6 is 23.2 Å². The summed E-state index contributed by atoms with van der Waals surface area (Å²) >= 11 is 12.8. The smallest absolute Gasteiger partial charge is 0.255 e. The molecular weight excluding hydrogens is 504 g/mol. The summed E-state index contributed by atoms with van der Waals surface area (Å²) in [5.41, 5.74) is 1.19. The van der Waals surface area contributed by atoms with Gasteiger partial charge >= 0.3 is 0 Å². The van der Waals surface area contributed by atoms with E-state index in [1.165, 1.54) is 10.9 Å². The predicted octanol–water partition coefficient (Wildman–Crippen LogP) is 5.37. The summed E-state index contributed by atoms with van der Waals surface area (Å²) in [7, 11) is 0. The molecule has 12 heteroatoms. The van der Waals surface area contributed by atoms with E-state index in [1.54, 1.807) is 18.3 Å². The van der Waals surface area contributed by atoms with Crippen LogP contribution in [-0.4, -0.2) is 68.6 Å². The molecule has 3 aromatic rings. The molecule has 0 amide bonds. The SMILES string of the molecule is CC1(N2CCC(n3ncc(Nc4ncc5cc(Cl)c(C6CC6(F)F)cc5n4)c3Cl)C(F)C2)COC1. The van der Waals surface area contributed by atoms with Crippen LogP contribution < -0.4 is 5.32 Å². The van der Waals surface area contributed by atoms with Crippen LogP contribution in [0.4, 0.5) is 24.8 Å². The molecule has 3 aliphatic rings. The molecule has 2 aromatic heterocycles. The third kappa shape index (κ3) is 4.04. The molecule has 3 atom stereocenters. The summed E-state index contributed by atoms with van der Waals surface area (Å²) in [6.07, 6.45) is 2.28. The second-order valence-corrected chi connectivity index (χ2v) is 10.6. The van der Waals surface area contributed by atoms with Gasteiger partial charge in [-0.25, -0.2) is 27.8 Å². The minimum Gasteiger partial charge on any atom is -0.377 e. The quantitative estimate of drug-likeness (QED) is 0.481. The zero-order valence-corrected chi connectivity index (χ0v) is 20.3. The molecule has 1 saturated carbocycles.